The van der Waals surface area contributed by atoms with Crippen LogP contribution in [0.3, 0.4) is 0 Å². The van der Waals surface area contributed by atoms with Crippen LogP contribution in [0.2, 0.25) is 0 Å². The Morgan fingerprint density at radius 1 is 1.24 bits per heavy atom. The minimum atomic E-state index is 0.239. The molecule has 0 bridgehead atoms. The number of benzene rings is 1. The molecule has 1 aromatic carbocycles. The van der Waals surface area contributed by atoms with E-state index >= 15 is 0 Å². The number of anilines is 2. The molecule has 2 N–H and O–H groups in total. The first-order valence-electron chi connectivity index (χ1n) is 7.73. The number of nitrogens with one attached hydrogen (secondary N) is 2. The van der Waals surface area contributed by atoms with Crippen molar-refractivity contribution >= 4 is 11.4 Å². The summed E-state index contributed by atoms with van der Waals surface area (Å²) in [5, 5.41) is 7.37. The van der Waals surface area contributed by atoms with E-state index in [1.165, 1.54) is 28.3 Å². The highest BCUT2D eigenvalue weighted by Gasteiger charge is 2.38. The number of fused-ring (bicyclic) bond motifs is 3. The molecule has 3 nitrogen and oxygen atoms in total. The van der Waals surface area contributed by atoms with Gasteiger partial charge in [0.2, 0.25) is 0 Å². The summed E-state index contributed by atoms with van der Waals surface area (Å²) < 4.78 is 0. The van der Waals surface area contributed by atoms with Crippen LogP contribution in [-0.4, -0.2) is 17.6 Å². The predicted octanol–water partition coefficient (Wildman–Crippen LogP) is 3.92. The summed E-state index contributed by atoms with van der Waals surface area (Å²) in [5.41, 5.74) is 6.50. The van der Waals surface area contributed by atoms with E-state index in [1.54, 1.807) is 0 Å². The lowest BCUT2D eigenvalue weighted by atomic mass is 10.0. The third-order valence-corrected chi connectivity index (χ3v) is 4.29. The first kappa shape index (κ1) is 12.6. The molecule has 3 heteroatoms. The van der Waals surface area contributed by atoms with Crippen LogP contribution in [0.15, 0.2) is 59.5 Å². The molecule has 0 spiro atoms. The molecule has 0 amide bonds. The molecule has 2 heterocycles. The molecule has 3 aliphatic rings. The van der Waals surface area contributed by atoms with Gasteiger partial charge in [-0.2, -0.15) is 0 Å². The van der Waals surface area contributed by atoms with Crippen LogP contribution >= 0.6 is 0 Å². The van der Waals surface area contributed by atoms with E-state index in [0.29, 0.717) is 5.92 Å². The van der Waals surface area contributed by atoms with Gasteiger partial charge in [-0.25, -0.2) is 0 Å². The van der Waals surface area contributed by atoms with Gasteiger partial charge in [-0.05, 0) is 30.5 Å². The first-order chi connectivity index (χ1) is 10.2. The second kappa shape index (κ2) is 4.69. The first-order valence-corrected chi connectivity index (χ1v) is 7.73. The van der Waals surface area contributed by atoms with Crippen molar-refractivity contribution in [3.8, 4) is 0 Å². The van der Waals surface area contributed by atoms with Crippen molar-refractivity contribution in [1.82, 2.24) is 4.90 Å². The summed E-state index contributed by atoms with van der Waals surface area (Å²) in [5.74, 6) is 0.636. The van der Waals surface area contributed by atoms with E-state index in [9.17, 15) is 0 Å². The van der Waals surface area contributed by atoms with E-state index < -0.39 is 0 Å². The van der Waals surface area contributed by atoms with Crippen LogP contribution in [0.1, 0.15) is 20.3 Å². The minimum absolute atomic E-state index is 0.239. The summed E-state index contributed by atoms with van der Waals surface area (Å²) in [4.78, 5) is 2.50. The number of hydrogen-bond donors (Lipinski definition) is 2. The number of hydrogen-bond acceptors (Lipinski definition) is 3. The summed E-state index contributed by atoms with van der Waals surface area (Å²) in [6.07, 6.45) is 7.92. The highest BCUT2D eigenvalue weighted by atomic mass is 15.3. The van der Waals surface area contributed by atoms with Gasteiger partial charge in [-0.3, -0.25) is 0 Å². The summed E-state index contributed by atoms with van der Waals surface area (Å²) in [6.45, 7) is 5.62. The van der Waals surface area contributed by atoms with Gasteiger partial charge in [-0.1, -0.05) is 38.1 Å². The van der Waals surface area contributed by atoms with Crippen molar-refractivity contribution in [1.29, 1.82) is 0 Å². The zero-order valence-corrected chi connectivity index (χ0v) is 12.6. The fourth-order valence-corrected chi connectivity index (χ4v) is 3.43. The van der Waals surface area contributed by atoms with Crippen molar-refractivity contribution in [3.05, 3.63) is 59.5 Å². The summed E-state index contributed by atoms with van der Waals surface area (Å²) in [7, 11) is 0. The topological polar surface area (TPSA) is 27.3 Å². The van der Waals surface area contributed by atoms with Crippen LogP contribution in [0, 0.1) is 5.92 Å². The van der Waals surface area contributed by atoms with E-state index in [1.807, 2.05) is 0 Å². The molecule has 0 saturated carbocycles. The Hall–Kier alpha value is -2.16. The molecular weight excluding hydrogens is 258 g/mol. The van der Waals surface area contributed by atoms with Gasteiger partial charge in [0.15, 0.2) is 0 Å². The Bertz CT molecular complexity index is 667. The number of rotatable bonds is 2. The van der Waals surface area contributed by atoms with Crippen molar-refractivity contribution in [2.45, 2.75) is 26.4 Å². The third-order valence-electron chi connectivity index (χ3n) is 4.29. The van der Waals surface area contributed by atoms with Gasteiger partial charge in [0, 0.05) is 17.8 Å². The molecule has 4 rings (SSSR count). The Balaban J connectivity index is 1.78. The van der Waals surface area contributed by atoms with Crippen LogP contribution < -0.4 is 10.6 Å². The Morgan fingerprint density at radius 3 is 2.86 bits per heavy atom. The van der Waals surface area contributed by atoms with Gasteiger partial charge in [0.05, 0.1) is 17.1 Å². The largest absolute Gasteiger partial charge is 0.359 e. The number of allylic oxidation sites excluding steroid dienone is 4. The third kappa shape index (κ3) is 1.96. The number of nitrogens with zero attached hydrogens (tertiary/aromatic N) is 1. The average Bonchev–Trinajstić information content (AvgIpc) is 2.79. The Morgan fingerprint density at radius 2 is 2.05 bits per heavy atom. The number of para-hydroxylation sites is 2. The Kier molecular flexibility index (Phi) is 2.81. The Labute approximate surface area is 126 Å². The fraction of sp³-hybridized carbons (Fsp3) is 0.333. The monoisotopic (exact) mass is 279 g/mol. The molecule has 2 aliphatic heterocycles. The average molecular weight is 279 g/mol. The SMILES string of the molecule is CC(C)CN1C2=CC=CCC2=C2Nc3ccccc3NC21. The van der Waals surface area contributed by atoms with Gasteiger partial charge >= 0.3 is 0 Å². The van der Waals surface area contributed by atoms with Crippen molar-refractivity contribution in [3.63, 3.8) is 0 Å². The van der Waals surface area contributed by atoms with Crippen LogP contribution in [0.25, 0.3) is 0 Å². The highest BCUT2D eigenvalue weighted by molar-refractivity contribution is 5.77. The molecule has 0 saturated heterocycles. The van der Waals surface area contributed by atoms with Crippen molar-refractivity contribution in [2.75, 3.05) is 17.2 Å². The molecule has 1 unspecified atom stereocenters. The highest BCUT2D eigenvalue weighted by Crippen LogP contribution is 2.42. The van der Waals surface area contributed by atoms with E-state index in [0.717, 1.165) is 13.0 Å². The van der Waals surface area contributed by atoms with Gasteiger partial charge in [0.25, 0.3) is 0 Å². The minimum Gasteiger partial charge on any atom is -0.359 e. The maximum Gasteiger partial charge on any atom is 0.141 e. The van der Waals surface area contributed by atoms with Crippen LogP contribution in [-0.2, 0) is 0 Å². The lowest BCUT2D eigenvalue weighted by Gasteiger charge is -2.36. The van der Waals surface area contributed by atoms with Gasteiger partial charge < -0.3 is 15.5 Å². The molecule has 0 radical (unpaired) electrons. The maximum atomic E-state index is 3.71. The second-order valence-corrected chi connectivity index (χ2v) is 6.34. The fourth-order valence-electron chi connectivity index (χ4n) is 3.43. The molecule has 21 heavy (non-hydrogen) atoms. The molecular formula is C18H21N3. The summed E-state index contributed by atoms with van der Waals surface area (Å²) in [6, 6.07) is 8.45. The van der Waals surface area contributed by atoms with Crippen LogP contribution in [0.5, 0.6) is 0 Å². The summed E-state index contributed by atoms with van der Waals surface area (Å²) >= 11 is 0. The molecule has 1 aromatic rings. The predicted molar refractivity (Wildman–Crippen MR) is 87.9 cm³/mol. The molecule has 108 valence electrons. The van der Waals surface area contributed by atoms with Gasteiger partial charge in [-0.15, -0.1) is 0 Å². The molecule has 1 atom stereocenters. The van der Waals surface area contributed by atoms with E-state index in [4.69, 9.17) is 0 Å². The normalized spacial score (nSPS) is 22.3. The quantitative estimate of drug-likeness (QED) is 0.859. The van der Waals surface area contributed by atoms with Crippen molar-refractivity contribution < 1.29 is 0 Å². The van der Waals surface area contributed by atoms with Crippen LogP contribution in [0.4, 0.5) is 11.4 Å². The van der Waals surface area contributed by atoms with Crippen molar-refractivity contribution in [2.24, 2.45) is 5.92 Å². The van der Waals surface area contributed by atoms with Gasteiger partial charge in [0.1, 0.15) is 6.17 Å². The molecule has 0 aromatic heterocycles. The maximum absolute atomic E-state index is 3.71. The van der Waals surface area contributed by atoms with E-state index in [-0.39, 0.29) is 6.17 Å². The molecule has 0 fully saturated rings. The second-order valence-electron chi connectivity index (χ2n) is 6.34. The lowest BCUT2D eigenvalue weighted by Crippen LogP contribution is -2.42. The smallest absolute Gasteiger partial charge is 0.141 e. The zero-order chi connectivity index (χ0) is 14.4. The lowest BCUT2D eigenvalue weighted by molar-refractivity contribution is 0.291. The van der Waals surface area contributed by atoms with E-state index in [2.05, 4.69) is 71.9 Å². The molecule has 1 aliphatic carbocycles. The standard InChI is InChI=1S/C18H21N3/c1-12(2)11-21-16-10-6-3-7-13(16)17-18(21)20-15-9-5-4-8-14(15)19-17/h3-6,8-10,12,18-20H,7,11H2,1-2H3. The zero-order valence-electron chi connectivity index (χ0n) is 12.6.